The smallest absolute Gasteiger partial charge is 0.229 e. The Balaban J connectivity index is 1.56. The Kier molecular flexibility index (Phi) is 6.29. The molecule has 7 nitrogen and oxygen atoms in total. The van der Waals surface area contributed by atoms with Crippen molar-refractivity contribution < 1.29 is 13.7 Å². The van der Waals surface area contributed by atoms with Crippen LogP contribution in [-0.2, 0) is 27.6 Å². The zero-order valence-electron chi connectivity index (χ0n) is 19.0. The molecule has 0 aliphatic carbocycles. The van der Waals surface area contributed by atoms with Crippen LogP contribution in [0.3, 0.4) is 0 Å². The van der Waals surface area contributed by atoms with E-state index in [1.165, 1.54) is 0 Å². The van der Waals surface area contributed by atoms with Gasteiger partial charge in [0.05, 0.1) is 29.4 Å². The molecule has 2 aromatic heterocycles. The molecule has 1 unspecified atom stereocenters. The topological polar surface area (TPSA) is 86.1 Å². The highest BCUT2D eigenvalue weighted by Gasteiger charge is 2.16. The second-order valence-corrected chi connectivity index (χ2v) is 10.1. The number of hydrogen-bond donors (Lipinski definition) is 1. The second kappa shape index (κ2) is 9.15. The van der Waals surface area contributed by atoms with E-state index < -0.39 is 10.8 Å². The van der Waals surface area contributed by atoms with Gasteiger partial charge in [-0.25, -0.2) is 0 Å². The Hall–Kier alpha value is -3.52. The lowest BCUT2D eigenvalue weighted by molar-refractivity contribution is -0.115. The zero-order valence-corrected chi connectivity index (χ0v) is 19.8. The average Bonchev–Trinajstić information content (AvgIpc) is 3.24. The monoisotopic (exact) mass is 462 g/mol. The summed E-state index contributed by atoms with van der Waals surface area (Å²) in [6, 6.07) is 14.7. The van der Waals surface area contributed by atoms with Gasteiger partial charge in [-0.1, -0.05) is 18.2 Å². The molecular formula is C25H26N4O3S. The number of carbonyl (C=O) groups is 1. The van der Waals surface area contributed by atoms with Gasteiger partial charge in [-0.05, 0) is 51.1 Å². The standard InChI is InChI=1S/C25H26N4O3S/c1-25(2,3)29-16-18(15-27-29)28-24(30)13-17-7-5-6-8-22(17)32-23-11-12-26-21-10-9-19(33(4)31)14-20(21)23/h5-12,14-16H,13H2,1-4H3,(H,28,30). The van der Waals surface area contributed by atoms with E-state index in [0.29, 0.717) is 22.1 Å². The molecule has 0 spiro atoms. The van der Waals surface area contributed by atoms with Crippen LogP contribution in [0.2, 0.25) is 0 Å². The van der Waals surface area contributed by atoms with Gasteiger partial charge in [0.1, 0.15) is 11.5 Å². The molecule has 1 amide bonds. The normalized spacial score (nSPS) is 12.5. The molecule has 170 valence electrons. The van der Waals surface area contributed by atoms with E-state index in [-0.39, 0.29) is 17.9 Å². The number of fused-ring (bicyclic) bond motifs is 1. The van der Waals surface area contributed by atoms with E-state index in [0.717, 1.165) is 16.5 Å². The summed E-state index contributed by atoms with van der Waals surface area (Å²) in [6.07, 6.45) is 6.91. The first-order valence-electron chi connectivity index (χ1n) is 10.5. The van der Waals surface area contributed by atoms with Crippen molar-refractivity contribution >= 4 is 33.3 Å². The van der Waals surface area contributed by atoms with Gasteiger partial charge in [0.15, 0.2) is 0 Å². The number of anilines is 1. The lowest BCUT2D eigenvalue weighted by Crippen LogP contribution is -2.22. The lowest BCUT2D eigenvalue weighted by Gasteiger charge is -2.18. The maximum atomic E-state index is 12.7. The van der Waals surface area contributed by atoms with Gasteiger partial charge in [0.25, 0.3) is 0 Å². The van der Waals surface area contributed by atoms with Crippen LogP contribution in [-0.4, -0.2) is 31.1 Å². The zero-order chi connectivity index (χ0) is 23.6. The van der Waals surface area contributed by atoms with Gasteiger partial charge >= 0.3 is 0 Å². The highest BCUT2D eigenvalue weighted by atomic mass is 32.2. The molecule has 4 rings (SSSR count). The third-order valence-electron chi connectivity index (χ3n) is 5.10. The first-order valence-corrected chi connectivity index (χ1v) is 12.1. The molecule has 0 aliphatic rings. The molecule has 0 radical (unpaired) electrons. The summed E-state index contributed by atoms with van der Waals surface area (Å²) in [4.78, 5) is 17.8. The third kappa shape index (κ3) is 5.28. The SMILES string of the molecule is CS(=O)c1ccc2nccc(Oc3ccccc3CC(=O)Nc3cnn(C(C)(C)C)c3)c2c1. The first-order chi connectivity index (χ1) is 15.7. The van der Waals surface area contributed by atoms with E-state index >= 15 is 0 Å². The van der Waals surface area contributed by atoms with Crippen LogP contribution in [0.5, 0.6) is 11.5 Å². The Morgan fingerprint density at radius 3 is 2.64 bits per heavy atom. The van der Waals surface area contributed by atoms with Gasteiger partial charge in [-0.3, -0.25) is 18.7 Å². The molecule has 2 aromatic carbocycles. The number of pyridine rings is 1. The molecule has 0 saturated carbocycles. The van der Waals surface area contributed by atoms with Crippen molar-refractivity contribution in [2.45, 2.75) is 37.6 Å². The van der Waals surface area contributed by atoms with E-state index in [9.17, 15) is 9.00 Å². The summed E-state index contributed by atoms with van der Waals surface area (Å²) in [5.74, 6) is 1.00. The number of nitrogens with zero attached hydrogens (tertiary/aromatic N) is 3. The van der Waals surface area contributed by atoms with Crippen molar-refractivity contribution in [3.05, 3.63) is 72.7 Å². The number of carbonyl (C=O) groups excluding carboxylic acids is 1. The summed E-state index contributed by atoms with van der Waals surface area (Å²) in [5, 5.41) is 7.98. The van der Waals surface area contributed by atoms with Crippen molar-refractivity contribution in [1.29, 1.82) is 0 Å². The van der Waals surface area contributed by atoms with E-state index in [1.807, 2.05) is 68.0 Å². The number of benzene rings is 2. The lowest BCUT2D eigenvalue weighted by atomic mass is 10.1. The molecular weight excluding hydrogens is 436 g/mol. The minimum absolute atomic E-state index is 0.143. The Morgan fingerprint density at radius 1 is 1.12 bits per heavy atom. The fourth-order valence-electron chi connectivity index (χ4n) is 3.37. The van der Waals surface area contributed by atoms with Gasteiger partial charge in [0, 0.05) is 45.3 Å². The molecule has 8 heteroatoms. The highest BCUT2D eigenvalue weighted by molar-refractivity contribution is 7.84. The molecule has 0 bridgehead atoms. The predicted molar refractivity (Wildman–Crippen MR) is 130 cm³/mol. The van der Waals surface area contributed by atoms with Crippen molar-refractivity contribution in [2.75, 3.05) is 11.6 Å². The van der Waals surface area contributed by atoms with E-state index in [4.69, 9.17) is 4.74 Å². The summed E-state index contributed by atoms with van der Waals surface area (Å²) in [7, 11) is -1.12. The Morgan fingerprint density at radius 2 is 1.91 bits per heavy atom. The van der Waals surface area contributed by atoms with Crippen LogP contribution in [0.25, 0.3) is 10.9 Å². The van der Waals surface area contributed by atoms with Gasteiger partial charge in [-0.2, -0.15) is 5.10 Å². The highest BCUT2D eigenvalue weighted by Crippen LogP contribution is 2.32. The van der Waals surface area contributed by atoms with Crippen LogP contribution in [0, 0.1) is 0 Å². The largest absolute Gasteiger partial charge is 0.456 e. The summed E-state index contributed by atoms with van der Waals surface area (Å²) in [5.41, 5.74) is 1.97. The first kappa shape index (κ1) is 22.7. The molecule has 2 heterocycles. The number of rotatable bonds is 6. The van der Waals surface area contributed by atoms with Crippen LogP contribution in [0.4, 0.5) is 5.69 Å². The number of nitrogens with one attached hydrogen (secondary N) is 1. The van der Waals surface area contributed by atoms with Crippen LogP contribution in [0.1, 0.15) is 26.3 Å². The maximum absolute atomic E-state index is 12.7. The molecule has 0 aliphatic heterocycles. The van der Waals surface area contributed by atoms with Crippen molar-refractivity contribution in [2.24, 2.45) is 0 Å². The Labute approximate surface area is 195 Å². The van der Waals surface area contributed by atoms with Gasteiger partial charge < -0.3 is 10.1 Å². The molecule has 33 heavy (non-hydrogen) atoms. The number of para-hydroxylation sites is 1. The maximum Gasteiger partial charge on any atom is 0.229 e. The summed E-state index contributed by atoms with van der Waals surface area (Å²) in [6.45, 7) is 6.13. The van der Waals surface area contributed by atoms with Gasteiger partial charge in [-0.15, -0.1) is 0 Å². The van der Waals surface area contributed by atoms with Gasteiger partial charge in [0.2, 0.25) is 5.91 Å². The van der Waals surface area contributed by atoms with Crippen LogP contribution >= 0.6 is 0 Å². The minimum Gasteiger partial charge on any atom is -0.456 e. The summed E-state index contributed by atoms with van der Waals surface area (Å²) >= 11 is 0. The average molecular weight is 463 g/mol. The fourth-order valence-corrected chi connectivity index (χ4v) is 3.91. The third-order valence-corrected chi connectivity index (χ3v) is 6.02. The van der Waals surface area contributed by atoms with E-state index in [1.54, 1.807) is 30.8 Å². The second-order valence-electron chi connectivity index (χ2n) is 8.72. The van der Waals surface area contributed by atoms with Crippen LogP contribution in [0.15, 0.2) is 72.0 Å². The van der Waals surface area contributed by atoms with E-state index in [2.05, 4.69) is 15.4 Å². The molecule has 0 saturated heterocycles. The van der Waals surface area contributed by atoms with Crippen molar-refractivity contribution in [3.63, 3.8) is 0 Å². The molecule has 4 aromatic rings. The van der Waals surface area contributed by atoms with Crippen molar-refractivity contribution in [1.82, 2.24) is 14.8 Å². The number of ether oxygens (including phenoxy) is 1. The van der Waals surface area contributed by atoms with Crippen LogP contribution < -0.4 is 10.1 Å². The number of amides is 1. The molecule has 1 N–H and O–H groups in total. The molecule has 1 atom stereocenters. The number of hydrogen-bond acceptors (Lipinski definition) is 5. The predicted octanol–water partition coefficient (Wildman–Crippen LogP) is 4.90. The minimum atomic E-state index is -1.12. The quantitative estimate of drug-likeness (QED) is 0.441. The van der Waals surface area contributed by atoms with Crippen molar-refractivity contribution in [3.8, 4) is 11.5 Å². The fraction of sp³-hybridized carbons (Fsp3) is 0.240. The summed E-state index contributed by atoms with van der Waals surface area (Å²) < 4.78 is 20.0. The Bertz CT molecular complexity index is 1340. The molecule has 0 fully saturated rings. The number of aromatic nitrogens is 3.